The van der Waals surface area contributed by atoms with E-state index in [0.717, 1.165) is 0 Å². The van der Waals surface area contributed by atoms with Gasteiger partial charge in [-0.05, 0) is 6.92 Å². The zero-order chi connectivity index (χ0) is 17.6. The van der Waals surface area contributed by atoms with Gasteiger partial charge in [-0.1, -0.05) is 0 Å². The summed E-state index contributed by atoms with van der Waals surface area (Å²) in [6.45, 7) is 0.680. The summed E-state index contributed by atoms with van der Waals surface area (Å²) in [5, 5.41) is 1.17. The lowest BCUT2D eigenvalue weighted by Crippen LogP contribution is -2.11. The standard InChI is InChI=1S/C13H4F9N/c1-2-3(14)8(19)12(9(20)4(2)15)23-13-10(21)6(17)5(16)7(18)11(13)22/h23H,1H3. The van der Waals surface area contributed by atoms with Crippen LogP contribution in [0.2, 0.25) is 0 Å². The SMILES string of the molecule is Cc1c(F)c(F)c(Nc2c(F)c(F)c(F)c(F)c2F)c(F)c1F. The Bertz CT molecular complexity index is 691. The van der Waals surface area contributed by atoms with Gasteiger partial charge in [-0.15, -0.1) is 0 Å². The Morgan fingerprint density at radius 2 is 0.696 bits per heavy atom. The average Bonchev–Trinajstić information content (AvgIpc) is 2.54. The largest absolute Gasteiger partial charge is 0.346 e. The van der Waals surface area contributed by atoms with E-state index in [0.29, 0.717) is 6.92 Å². The second kappa shape index (κ2) is 5.67. The van der Waals surface area contributed by atoms with Gasteiger partial charge in [0.15, 0.2) is 46.5 Å². The highest BCUT2D eigenvalue weighted by Crippen LogP contribution is 2.34. The smallest absolute Gasteiger partial charge is 0.200 e. The number of hydrogen-bond donors (Lipinski definition) is 1. The van der Waals surface area contributed by atoms with Crippen molar-refractivity contribution in [3.8, 4) is 0 Å². The Hall–Kier alpha value is -2.39. The van der Waals surface area contributed by atoms with Crippen molar-refractivity contribution in [1.82, 2.24) is 0 Å². The summed E-state index contributed by atoms with van der Waals surface area (Å²) in [5.74, 6) is -20.2. The van der Waals surface area contributed by atoms with E-state index in [-0.39, 0.29) is 0 Å². The molecule has 1 nitrogen and oxygen atoms in total. The summed E-state index contributed by atoms with van der Waals surface area (Å²) >= 11 is 0. The average molecular weight is 345 g/mol. The first kappa shape index (κ1) is 17.0. The quantitative estimate of drug-likeness (QED) is 0.459. The molecule has 124 valence electrons. The number of nitrogens with one attached hydrogen (secondary N) is 1. The van der Waals surface area contributed by atoms with Crippen LogP contribution in [0.15, 0.2) is 0 Å². The summed E-state index contributed by atoms with van der Waals surface area (Å²) in [5.41, 5.74) is -4.67. The first-order chi connectivity index (χ1) is 10.6. The molecule has 2 aromatic rings. The Morgan fingerprint density at radius 3 is 1.04 bits per heavy atom. The lowest BCUT2D eigenvalue weighted by atomic mass is 10.1. The second-order valence-electron chi connectivity index (χ2n) is 4.33. The molecular formula is C13H4F9N. The second-order valence-corrected chi connectivity index (χ2v) is 4.33. The summed E-state index contributed by atoms with van der Waals surface area (Å²) in [6.07, 6.45) is 0. The third-order valence-electron chi connectivity index (χ3n) is 2.94. The minimum atomic E-state index is -2.51. The summed E-state index contributed by atoms with van der Waals surface area (Å²) in [4.78, 5) is 0. The lowest BCUT2D eigenvalue weighted by Gasteiger charge is -2.14. The highest BCUT2D eigenvalue weighted by atomic mass is 19.2. The van der Waals surface area contributed by atoms with Crippen LogP contribution in [0.4, 0.5) is 50.9 Å². The fourth-order valence-corrected chi connectivity index (χ4v) is 1.69. The van der Waals surface area contributed by atoms with Gasteiger partial charge in [-0.25, -0.2) is 39.5 Å². The molecule has 0 aliphatic rings. The molecule has 0 aromatic heterocycles. The number of anilines is 2. The van der Waals surface area contributed by atoms with Crippen LogP contribution in [0.25, 0.3) is 0 Å². The monoisotopic (exact) mass is 345 g/mol. The molecule has 0 aliphatic heterocycles. The number of benzene rings is 2. The van der Waals surface area contributed by atoms with Crippen LogP contribution >= 0.6 is 0 Å². The first-order valence-electron chi connectivity index (χ1n) is 5.70. The molecule has 10 heteroatoms. The molecule has 0 bridgehead atoms. The molecule has 0 spiro atoms. The van der Waals surface area contributed by atoms with Crippen LogP contribution in [0.1, 0.15) is 5.56 Å². The maximum Gasteiger partial charge on any atom is 0.200 e. The first-order valence-corrected chi connectivity index (χ1v) is 5.70. The summed E-state index contributed by atoms with van der Waals surface area (Å²) in [7, 11) is 0. The van der Waals surface area contributed by atoms with E-state index in [9.17, 15) is 39.5 Å². The van der Waals surface area contributed by atoms with E-state index in [1.165, 1.54) is 5.32 Å². The van der Waals surface area contributed by atoms with Gasteiger partial charge >= 0.3 is 0 Å². The van der Waals surface area contributed by atoms with Crippen LogP contribution in [0.5, 0.6) is 0 Å². The van der Waals surface area contributed by atoms with E-state index < -0.39 is 69.3 Å². The van der Waals surface area contributed by atoms with E-state index in [2.05, 4.69) is 0 Å². The van der Waals surface area contributed by atoms with Crippen LogP contribution in [-0.2, 0) is 0 Å². The normalized spacial score (nSPS) is 11.0. The highest BCUT2D eigenvalue weighted by Gasteiger charge is 2.29. The molecule has 0 radical (unpaired) electrons. The molecule has 2 rings (SSSR count). The Morgan fingerprint density at radius 1 is 0.435 bits per heavy atom. The van der Waals surface area contributed by atoms with Crippen molar-refractivity contribution < 1.29 is 39.5 Å². The van der Waals surface area contributed by atoms with E-state index in [1.807, 2.05) is 0 Å². The van der Waals surface area contributed by atoms with Crippen molar-refractivity contribution in [3.05, 3.63) is 57.9 Å². The van der Waals surface area contributed by atoms with E-state index in [4.69, 9.17) is 0 Å². The molecule has 23 heavy (non-hydrogen) atoms. The van der Waals surface area contributed by atoms with Crippen LogP contribution in [0.3, 0.4) is 0 Å². The van der Waals surface area contributed by atoms with Crippen molar-refractivity contribution in [1.29, 1.82) is 0 Å². The van der Waals surface area contributed by atoms with Gasteiger partial charge in [-0.3, -0.25) is 0 Å². The molecule has 0 unspecified atom stereocenters. The molecule has 0 heterocycles. The predicted molar refractivity (Wildman–Crippen MR) is 60.5 cm³/mol. The Balaban J connectivity index is 2.71. The number of hydrogen-bond acceptors (Lipinski definition) is 1. The van der Waals surface area contributed by atoms with Crippen molar-refractivity contribution in [2.75, 3.05) is 5.32 Å². The molecule has 1 N–H and O–H groups in total. The maximum absolute atomic E-state index is 13.6. The van der Waals surface area contributed by atoms with Gasteiger partial charge in [0.2, 0.25) is 5.82 Å². The van der Waals surface area contributed by atoms with Gasteiger partial charge in [0.05, 0.1) is 0 Å². The molecule has 0 atom stereocenters. The Kier molecular flexibility index (Phi) is 4.18. The summed E-state index contributed by atoms with van der Waals surface area (Å²) in [6, 6.07) is 0. The fourth-order valence-electron chi connectivity index (χ4n) is 1.69. The minimum Gasteiger partial charge on any atom is -0.346 e. The fraction of sp³-hybridized carbons (Fsp3) is 0.0769. The van der Waals surface area contributed by atoms with Gasteiger partial charge < -0.3 is 5.32 Å². The van der Waals surface area contributed by atoms with Crippen molar-refractivity contribution in [2.45, 2.75) is 6.92 Å². The third kappa shape index (κ3) is 2.47. The van der Waals surface area contributed by atoms with E-state index >= 15 is 0 Å². The Labute approximate surface area is 122 Å². The molecule has 0 saturated heterocycles. The van der Waals surface area contributed by atoms with Crippen molar-refractivity contribution >= 4 is 11.4 Å². The minimum absolute atomic E-state index is 0.680. The number of rotatable bonds is 2. The highest BCUT2D eigenvalue weighted by molar-refractivity contribution is 5.63. The van der Waals surface area contributed by atoms with Crippen LogP contribution in [0, 0.1) is 59.3 Å². The third-order valence-corrected chi connectivity index (χ3v) is 2.94. The zero-order valence-electron chi connectivity index (χ0n) is 10.9. The van der Waals surface area contributed by atoms with Gasteiger partial charge in [0, 0.05) is 5.56 Å². The van der Waals surface area contributed by atoms with Crippen LogP contribution in [-0.4, -0.2) is 0 Å². The van der Waals surface area contributed by atoms with Crippen molar-refractivity contribution in [3.63, 3.8) is 0 Å². The maximum atomic E-state index is 13.6. The molecular weight excluding hydrogens is 341 g/mol. The van der Waals surface area contributed by atoms with Crippen molar-refractivity contribution in [2.24, 2.45) is 0 Å². The van der Waals surface area contributed by atoms with Crippen LogP contribution < -0.4 is 5.32 Å². The zero-order valence-corrected chi connectivity index (χ0v) is 10.9. The van der Waals surface area contributed by atoms with Gasteiger partial charge in [0.1, 0.15) is 11.4 Å². The number of halogens is 9. The van der Waals surface area contributed by atoms with Gasteiger partial charge in [0.25, 0.3) is 0 Å². The predicted octanol–water partition coefficient (Wildman–Crippen LogP) is 4.99. The molecule has 0 saturated carbocycles. The topological polar surface area (TPSA) is 12.0 Å². The van der Waals surface area contributed by atoms with Gasteiger partial charge in [-0.2, -0.15) is 0 Å². The molecule has 0 fully saturated rings. The molecule has 0 aliphatic carbocycles. The molecule has 2 aromatic carbocycles. The lowest BCUT2D eigenvalue weighted by molar-refractivity contribution is 0.381. The molecule has 0 amide bonds. The van der Waals surface area contributed by atoms with E-state index in [1.54, 1.807) is 0 Å². The summed E-state index contributed by atoms with van der Waals surface area (Å²) < 4.78 is 120.